The minimum absolute atomic E-state index is 0.0000462. The van der Waals surface area contributed by atoms with Crippen LogP contribution in [0, 0.1) is 22.5 Å². The van der Waals surface area contributed by atoms with E-state index in [4.69, 9.17) is 11.5 Å². The van der Waals surface area contributed by atoms with Gasteiger partial charge in [-0.15, -0.1) is 12.3 Å². The number of nitro groups is 1. The van der Waals surface area contributed by atoms with Gasteiger partial charge in [-0.3, -0.25) is 10.1 Å². The predicted octanol–water partition coefficient (Wildman–Crippen LogP) is 2.12. The molecule has 1 rings (SSSR count). The zero-order valence-corrected chi connectivity index (χ0v) is 9.55. The summed E-state index contributed by atoms with van der Waals surface area (Å²) in [5, 5.41) is 22.4. The zero-order chi connectivity index (χ0) is 13.5. The maximum absolute atomic E-state index is 10.8. The molecule has 0 atom stereocenters. The molecule has 0 spiro atoms. The van der Waals surface area contributed by atoms with Gasteiger partial charge in [0.1, 0.15) is 5.69 Å². The van der Waals surface area contributed by atoms with Crippen molar-refractivity contribution in [3.8, 4) is 12.3 Å². The zero-order valence-electron chi connectivity index (χ0n) is 9.55. The van der Waals surface area contributed by atoms with Gasteiger partial charge in [0.15, 0.2) is 0 Å². The van der Waals surface area contributed by atoms with Crippen molar-refractivity contribution in [2.45, 2.75) is 12.8 Å². The highest BCUT2D eigenvalue weighted by Crippen LogP contribution is 2.25. The van der Waals surface area contributed by atoms with E-state index < -0.39 is 10.9 Å². The highest BCUT2D eigenvalue weighted by atomic mass is 16.6. The third kappa shape index (κ3) is 3.49. The summed E-state index contributed by atoms with van der Waals surface area (Å²) >= 11 is 0. The van der Waals surface area contributed by atoms with E-state index in [1.54, 1.807) is 0 Å². The largest absolute Gasteiger partial charge is 0.478 e. The molecule has 0 saturated carbocycles. The van der Waals surface area contributed by atoms with Gasteiger partial charge in [0.05, 0.1) is 10.5 Å². The molecule has 0 fully saturated rings. The van der Waals surface area contributed by atoms with Gasteiger partial charge in [-0.1, -0.05) is 0 Å². The van der Waals surface area contributed by atoms with Gasteiger partial charge in [0.25, 0.3) is 5.69 Å². The van der Waals surface area contributed by atoms with Crippen molar-refractivity contribution in [2.24, 2.45) is 0 Å². The van der Waals surface area contributed by atoms with Crippen LogP contribution in [0.15, 0.2) is 18.2 Å². The molecule has 0 unspecified atom stereocenters. The Bertz CT molecular complexity index is 505. The van der Waals surface area contributed by atoms with Crippen molar-refractivity contribution in [1.29, 1.82) is 0 Å². The summed E-state index contributed by atoms with van der Waals surface area (Å²) in [6, 6.07) is 3.62. The lowest BCUT2D eigenvalue weighted by atomic mass is 10.1. The third-order valence-corrected chi connectivity index (χ3v) is 2.25. The maximum atomic E-state index is 10.8. The van der Waals surface area contributed by atoms with Crippen molar-refractivity contribution in [1.82, 2.24) is 0 Å². The molecule has 1 aromatic rings. The second-order valence-electron chi connectivity index (χ2n) is 3.53. The molecular formula is C12H12N2O4. The number of carbonyl (C=O) groups is 1. The number of rotatable bonds is 6. The Hall–Kier alpha value is -2.55. The first-order chi connectivity index (χ1) is 8.56. The van der Waals surface area contributed by atoms with E-state index in [0.29, 0.717) is 19.4 Å². The van der Waals surface area contributed by atoms with Crippen LogP contribution in [0.5, 0.6) is 0 Å². The molecule has 18 heavy (non-hydrogen) atoms. The molecule has 0 saturated heterocycles. The van der Waals surface area contributed by atoms with Crippen LogP contribution in [-0.4, -0.2) is 22.5 Å². The summed E-state index contributed by atoms with van der Waals surface area (Å²) in [6.07, 6.45) is 6.30. The molecule has 0 aromatic heterocycles. The van der Waals surface area contributed by atoms with Gasteiger partial charge in [-0.25, -0.2) is 4.79 Å². The maximum Gasteiger partial charge on any atom is 0.335 e. The first-order valence-corrected chi connectivity index (χ1v) is 5.25. The number of nitrogens with zero attached hydrogens (tertiary/aromatic N) is 1. The number of anilines is 1. The van der Waals surface area contributed by atoms with Crippen LogP contribution in [-0.2, 0) is 0 Å². The molecule has 6 heteroatoms. The summed E-state index contributed by atoms with van der Waals surface area (Å²) in [5.74, 6) is 1.32. The summed E-state index contributed by atoms with van der Waals surface area (Å²) < 4.78 is 0. The molecular weight excluding hydrogens is 236 g/mol. The van der Waals surface area contributed by atoms with Gasteiger partial charge >= 0.3 is 5.97 Å². The lowest BCUT2D eigenvalue weighted by Gasteiger charge is -2.07. The normalized spacial score (nSPS) is 9.50. The number of aromatic carboxylic acids is 1. The second kappa shape index (κ2) is 6.25. The number of hydrogen-bond donors (Lipinski definition) is 2. The Morgan fingerprint density at radius 3 is 2.83 bits per heavy atom. The lowest BCUT2D eigenvalue weighted by Crippen LogP contribution is -2.06. The Kier molecular flexibility index (Phi) is 4.69. The smallest absolute Gasteiger partial charge is 0.335 e. The van der Waals surface area contributed by atoms with Crippen LogP contribution in [0.25, 0.3) is 0 Å². The number of unbranched alkanes of at least 4 members (excludes halogenated alkanes) is 1. The van der Waals surface area contributed by atoms with Crippen LogP contribution in [0.4, 0.5) is 11.4 Å². The van der Waals surface area contributed by atoms with Crippen molar-refractivity contribution < 1.29 is 14.8 Å². The molecule has 2 N–H and O–H groups in total. The molecule has 0 aliphatic rings. The second-order valence-corrected chi connectivity index (χ2v) is 3.53. The number of carboxylic acids is 1. The fourth-order valence-corrected chi connectivity index (χ4v) is 1.38. The van der Waals surface area contributed by atoms with Gasteiger partial charge in [0.2, 0.25) is 0 Å². The van der Waals surface area contributed by atoms with Crippen molar-refractivity contribution in [3.05, 3.63) is 33.9 Å². The fraction of sp³-hybridized carbons (Fsp3) is 0.250. The Morgan fingerprint density at radius 2 is 2.28 bits per heavy atom. The summed E-state index contributed by atoms with van der Waals surface area (Å²) in [7, 11) is 0. The van der Waals surface area contributed by atoms with E-state index >= 15 is 0 Å². The summed E-state index contributed by atoms with van der Waals surface area (Å²) in [5.41, 5.74) is 0.0395. The number of terminal acetylenes is 1. The van der Waals surface area contributed by atoms with E-state index in [9.17, 15) is 14.9 Å². The van der Waals surface area contributed by atoms with Crippen LogP contribution < -0.4 is 5.32 Å². The average Bonchev–Trinajstić information content (AvgIpc) is 2.34. The topological polar surface area (TPSA) is 92.5 Å². The van der Waals surface area contributed by atoms with Crippen LogP contribution >= 0.6 is 0 Å². The van der Waals surface area contributed by atoms with E-state index in [2.05, 4.69) is 11.2 Å². The van der Waals surface area contributed by atoms with Gasteiger partial charge in [-0.05, 0) is 18.6 Å². The minimum atomic E-state index is -1.13. The highest BCUT2D eigenvalue weighted by molar-refractivity contribution is 5.90. The average molecular weight is 248 g/mol. The molecule has 0 heterocycles. The first-order valence-electron chi connectivity index (χ1n) is 5.25. The van der Waals surface area contributed by atoms with E-state index in [0.717, 1.165) is 0 Å². The lowest BCUT2D eigenvalue weighted by molar-refractivity contribution is -0.384. The van der Waals surface area contributed by atoms with Crippen LogP contribution in [0.2, 0.25) is 0 Å². The first kappa shape index (κ1) is 13.5. The molecule has 0 radical (unpaired) electrons. The van der Waals surface area contributed by atoms with Gasteiger partial charge in [-0.2, -0.15) is 0 Å². The molecule has 0 aliphatic carbocycles. The molecule has 0 aliphatic heterocycles. The number of benzene rings is 1. The summed E-state index contributed by atoms with van der Waals surface area (Å²) in [4.78, 5) is 21.0. The number of nitrogens with one attached hydrogen (secondary N) is 1. The van der Waals surface area contributed by atoms with E-state index in [1.807, 2.05) is 0 Å². The summed E-state index contributed by atoms with van der Waals surface area (Å²) in [6.45, 7) is 0.452. The number of nitro benzene ring substituents is 1. The molecule has 94 valence electrons. The Labute approximate surface area is 104 Å². The predicted molar refractivity (Wildman–Crippen MR) is 66.6 cm³/mol. The minimum Gasteiger partial charge on any atom is -0.478 e. The number of carboxylic acid groups (broad SMARTS) is 1. The van der Waals surface area contributed by atoms with Gasteiger partial charge in [0, 0.05) is 19.0 Å². The molecule has 1 aromatic carbocycles. The van der Waals surface area contributed by atoms with E-state index in [1.165, 1.54) is 18.2 Å². The highest BCUT2D eigenvalue weighted by Gasteiger charge is 2.15. The molecule has 6 nitrogen and oxygen atoms in total. The number of hydrogen-bond acceptors (Lipinski definition) is 4. The molecule has 0 bridgehead atoms. The van der Waals surface area contributed by atoms with Crippen LogP contribution in [0.3, 0.4) is 0 Å². The van der Waals surface area contributed by atoms with E-state index in [-0.39, 0.29) is 16.9 Å². The van der Waals surface area contributed by atoms with Crippen molar-refractivity contribution in [3.63, 3.8) is 0 Å². The SMILES string of the molecule is C#CCCCNc1cc(C(=O)O)ccc1[N+](=O)[O-]. The Balaban J connectivity index is 2.90. The Morgan fingerprint density at radius 1 is 1.56 bits per heavy atom. The fourth-order valence-electron chi connectivity index (χ4n) is 1.38. The van der Waals surface area contributed by atoms with Crippen molar-refractivity contribution in [2.75, 3.05) is 11.9 Å². The monoisotopic (exact) mass is 248 g/mol. The third-order valence-electron chi connectivity index (χ3n) is 2.25. The standard InChI is InChI=1S/C12H12N2O4/c1-2-3-4-7-13-10-8-9(12(15)16)5-6-11(10)14(17)18/h1,5-6,8,13H,3-4,7H2,(H,15,16). The quantitative estimate of drug-likeness (QED) is 0.348. The van der Waals surface area contributed by atoms with Crippen LogP contribution in [0.1, 0.15) is 23.2 Å². The van der Waals surface area contributed by atoms with Gasteiger partial charge < -0.3 is 10.4 Å². The molecule has 0 amide bonds. The van der Waals surface area contributed by atoms with Crippen molar-refractivity contribution >= 4 is 17.3 Å².